The molecule has 0 amide bonds. The molecule has 0 radical (unpaired) electrons. The van der Waals surface area contributed by atoms with E-state index >= 15 is 0 Å². The summed E-state index contributed by atoms with van der Waals surface area (Å²) in [4.78, 5) is 20.1. The monoisotopic (exact) mass is 257 g/mol. The van der Waals surface area contributed by atoms with Crippen LogP contribution in [0.15, 0.2) is 29.6 Å². The normalized spacial score (nSPS) is 11.0. The first-order chi connectivity index (χ1) is 8.66. The summed E-state index contributed by atoms with van der Waals surface area (Å²) in [6, 6.07) is 7.93. The van der Waals surface area contributed by atoms with Crippen molar-refractivity contribution in [2.24, 2.45) is 7.05 Å². The maximum Gasteiger partial charge on any atom is 0.188 e. The van der Waals surface area contributed by atoms with Gasteiger partial charge < -0.3 is 4.57 Å². The van der Waals surface area contributed by atoms with Gasteiger partial charge in [0.25, 0.3) is 0 Å². The van der Waals surface area contributed by atoms with Crippen LogP contribution in [0.5, 0.6) is 0 Å². The molecule has 3 aromatic rings. The molecule has 0 aliphatic carbocycles. The second-order valence-electron chi connectivity index (χ2n) is 4.08. The molecule has 0 spiro atoms. The van der Waals surface area contributed by atoms with E-state index in [1.165, 1.54) is 18.3 Å². The number of fused-ring (bicyclic) bond motifs is 1. The van der Waals surface area contributed by atoms with Crippen molar-refractivity contribution in [3.63, 3.8) is 0 Å². The second kappa shape index (κ2) is 4.03. The smallest absolute Gasteiger partial charge is 0.188 e. The third-order valence-corrected chi connectivity index (χ3v) is 3.76. The van der Waals surface area contributed by atoms with E-state index in [1.54, 1.807) is 0 Å². The van der Waals surface area contributed by atoms with E-state index in [-0.39, 0.29) is 5.78 Å². The van der Waals surface area contributed by atoms with Gasteiger partial charge in [0.2, 0.25) is 0 Å². The molecule has 0 saturated carbocycles. The lowest BCUT2D eigenvalue weighted by Gasteiger charge is -1.97. The lowest BCUT2D eigenvalue weighted by molar-refractivity contribution is 0.101. The van der Waals surface area contributed by atoms with Gasteiger partial charge >= 0.3 is 0 Å². The van der Waals surface area contributed by atoms with Gasteiger partial charge in [0, 0.05) is 19.4 Å². The predicted octanol–water partition coefficient (Wildman–Crippen LogP) is 2.90. The van der Waals surface area contributed by atoms with E-state index in [4.69, 9.17) is 0 Å². The quantitative estimate of drug-likeness (QED) is 0.663. The summed E-state index contributed by atoms with van der Waals surface area (Å²) in [6.45, 7) is 1.53. The number of benzene rings is 1. The van der Waals surface area contributed by atoms with Gasteiger partial charge in [-0.1, -0.05) is 12.1 Å². The van der Waals surface area contributed by atoms with E-state index in [2.05, 4.69) is 9.97 Å². The Hall–Kier alpha value is -2.01. The molecular formula is C13H11N3OS. The number of nitrogens with zero attached hydrogens (tertiary/aromatic N) is 3. The number of aromatic nitrogens is 3. The molecule has 2 aromatic heterocycles. The molecule has 0 bridgehead atoms. The van der Waals surface area contributed by atoms with E-state index in [1.807, 2.05) is 41.3 Å². The zero-order chi connectivity index (χ0) is 12.7. The number of carbonyl (C=O) groups excluding carboxylic acids is 1. The lowest BCUT2D eigenvalue weighted by Crippen LogP contribution is -1.94. The maximum absolute atomic E-state index is 11.3. The molecule has 0 unspecified atom stereocenters. The first-order valence-corrected chi connectivity index (χ1v) is 6.43. The highest BCUT2D eigenvalue weighted by Crippen LogP contribution is 2.24. The third-order valence-electron chi connectivity index (χ3n) is 2.82. The number of imidazole rings is 1. The van der Waals surface area contributed by atoms with Crippen LogP contribution in [0.3, 0.4) is 0 Å². The zero-order valence-electron chi connectivity index (χ0n) is 10.0. The molecule has 4 nitrogen and oxygen atoms in total. The molecule has 0 atom stereocenters. The predicted molar refractivity (Wildman–Crippen MR) is 71.8 cm³/mol. The molecule has 0 saturated heterocycles. The summed E-state index contributed by atoms with van der Waals surface area (Å²) in [7, 11) is 1.96. The SMILES string of the molecule is CC(=O)c1nc(-c2nc3ccccc3n2C)cs1. The van der Waals surface area contributed by atoms with Gasteiger partial charge in [-0.3, -0.25) is 4.79 Å². The fraction of sp³-hybridized carbons (Fsp3) is 0.154. The van der Waals surface area contributed by atoms with Gasteiger partial charge in [-0.25, -0.2) is 9.97 Å². The minimum atomic E-state index is -0.00925. The summed E-state index contributed by atoms with van der Waals surface area (Å²) < 4.78 is 1.99. The van der Waals surface area contributed by atoms with Gasteiger partial charge in [-0.2, -0.15) is 0 Å². The summed E-state index contributed by atoms with van der Waals surface area (Å²) in [5.74, 6) is 0.782. The van der Waals surface area contributed by atoms with E-state index in [9.17, 15) is 4.79 Å². The number of rotatable bonds is 2. The highest BCUT2D eigenvalue weighted by atomic mass is 32.1. The Bertz CT molecular complexity index is 742. The first kappa shape index (κ1) is 11.1. The minimum Gasteiger partial charge on any atom is -0.326 e. The van der Waals surface area contributed by atoms with E-state index < -0.39 is 0 Å². The first-order valence-electron chi connectivity index (χ1n) is 5.55. The van der Waals surface area contributed by atoms with Gasteiger partial charge in [0.1, 0.15) is 5.69 Å². The van der Waals surface area contributed by atoms with Crippen LogP contribution in [0.1, 0.15) is 16.7 Å². The molecule has 0 aliphatic heterocycles. The van der Waals surface area contributed by atoms with Crippen molar-refractivity contribution in [2.45, 2.75) is 6.92 Å². The van der Waals surface area contributed by atoms with Crippen molar-refractivity contribution in [3.05, 3.63) is 34.7 Å². The molecule has 1 aromatic carbocycles. The Morgan fingerprint density at radius 1 is 1.28 bits per heavy atom. The molecule has 2 heterocycles. The largest absolute Gasteiger partial charge is 0.326 e. The highest BCUT2D eigenvalue weighted by molar-refractivity contribution is 7.12. The zero-order valence-corrected chi connectivity index (χ0v) is 10.9. The summed E-state index contributed by atoms with van der Waals surface area (Å²) in [6.07, 6.45) is 0. The van der Waals surface area contributed by atoms with Crippen molar-refractivity contribution in [1.82, 2.24) is 14.5 Å². The Labute approximate surface area is 108 Å². The number of aryl methyl sites for hydroxylation is 1. The summed E-state index contributed by atoms with van der Waals surface area (Å²) in [5, 5.41) is 2.40. The Kier molecular flexibility index (Phi) is 2.48. The Morgan fingerprint density at radius 3 is 2.72 bits per heavy atom. The standard InChI is InChI=1S/C13H11N3OS/c1-8(17)13-15-10(7-18-13)12-14-9-5-3-4-6-11(9)16(12)2/h3-7H,1-2H3. The molecular weight excluding hydrogens is 246 g/mol. The van der Waals surface area contributed by atoms with Crippen LogP contribution >= 0.6 is 11.3 Å². The Morgan fingerprint density at radius 2 is 2.06 bits per heavy atom. The van der Waals surface area contributed by atoms with E-state index in [0.29, 0.717) is 5.01 Å². The summed E-state index contributed by atoms with van der Waals surface area (Å²) >= 11 is 1.36. The fourth-order valence-corrected chi connectivity index (χ4v) is 2.61. The van der Waals surface area contributed by atoms with Crippen LogP contribution in [0, 0.1) is 0 Å². The van der Waals surface area contributed by atoms with Crippen LogP contribution in [0.2, 0.25) is 0 Å². The van der Waals surface area contributed by atoms with Gasteiger partial charge in [0.05, 0.1) is 11.0 Å². The highest BCUT2D eigenvalue weighted by Gasteiger charge is 2.14. The molecule has 5 heteroatoms. The van der Waals surface area contributed by atoms with Crippen molar-refractivity contribution in [2.75, 3.05) is 0 Å². The van der Waals surface area contributed by atoms with Crippen LogP contribution in [-0.4, -0.2) is 20.3 Å². The molecule has 3 rings (SSSR count). The number of carbonyl (C=O) groups is 1. The number of para-hydroxylation sites is 2. The number of hydrogen-bond acceptors (Lipinski definition) is 4. The van der Waals surface area contributed by atoms with Crippen LogP contribution < -0.4 is 0 Å². The number of Topliss-reactive ketones (excluding diaryl/α,β-unsaturated/α-hetero) is 1. The third kappa shape index (κ3) is 1.64. The van der Waals surface area contributed by atoms with Crippen LogP contribution in [0.4, 0.5) is 0 Å². The van der Waals surface area contributed by atoms with Crippen molar-refractivity contribution in [1.29, 1.82) is 0 Å². The van der Waals surface area contributed by atoms with E-state index in [0.717, 1.165) is 22.6 Å². The maximum atomic E-state index is 11.3. The van der Waals surface area contributed by atoms with Gasteiger partial charge in [0.15, 0.2) is 16.6 Å². The molecule has 0 fully saturated rings. The van der Waals surface area contributed by atoms with Crippen molar-refractivity contribution in [3.8, 4) is 11.5 Å². The van der Waals surface area contributed by atoms with Gasteiger partial charge in [-0.15, -0.1) is 11.3 Å². The second-order valence-corrected chi connectivity index (χ2v) is 4.94. The average Bonchev–Trinajstić information content (AvgIpc) is 2.95. The van der Waals surface area contributed by atoms with Gasteiger partial charge in [-0.05, 0) is 12.1 Å². The fourth-order valence-electron chi connectivity index (χ4n) is 1.91. The van der Waals surface area contributed by atoms with Crippen LogP contribution in [-0.2, 0) is 7.05 Å². The minimum absolute atomic E-state index is 0.00925. The van der Waals surface area contributed by atoms with Crippen molar-refractivity contribution >= 4 is 28.2 Å². The number of ketones is 1. The topological polar surface area (TPSA) is 47.8 Å². The number of hydrogen-bond donors (Lipinski definition) is 0. The lowest BCUT2D eigenvalue weighted by atomic mass is 10.3. The molecule has 90 valence electrons. The molecule has 0 aliphatic rings. The molecule has 18 heavy (non-hydrogen) atoms. The number of thiazole rings is 1. The average molecular weight is 257 g/mol. The van der Waals surface area contributed by atoms with Crippen LogP contribution in [0.25, 0.3) is 22.6 Å². The van der Waals surface area contributed by atoms with Crippen molar-refractivity contribution < 1.29 is 4.79 Å². The summed E-state index contributed by atoms with van der Waals surface area (Å²) in [5.41, 5.74) is 2.75. The molecule has 0 N–H and O–H groups in total. The Balaban J connectivity index is 2.18.